The van der Waals surface area contributed by atoms with Crippen LogP contribution < -0.4 is 9.62 Å². The third-order valence-corrected chi connectivity index (χ3v) is 6.80. The summed E-state index contributed by atoms with van der Waals surface area (Å²) in [4.78, 5) is 12.5. The van der Waals surface area contributed by atoms with Crippen molar-refractivity contribution in [3.05, 3.63) is 64.7 Å². The van der Waals surface area contributed by atoms with Crippen LogP contribution in [0.1, 0.15) is 66.6 Å². The van der Waals surface area contributed by atoms with Crippen molar-refractivity contribution in [1.29, 1.82) is 0 Å². The molecule has 0 aromatic heterocycles. The molecular weight excluding hydrogens is 408 g/mol. The normalized spacial score (nSPS) is 12.4. The largest absolute Gasteiger partial charge is 0.352 e. The minimum Gasteiger partial charge on any atom is -0.352 e. The van der Waals surface area contributed by atoms with Gasteiger partial charge in [-0.2, -0.15) is 0 Å². The third kappa shape index (κ3) is 7.39. The molecule has 0 radical (unpaired) electrons. The van der Waals surface area contributed by atoms with Crippen LogP contribution in [0.4, 0.5) is 5.69 Å². The number of anilines is 1. The van der Waals surface area contributed by atoms with E-state index in [2.05, 4.69) is 19.2 Å². The van der Waals surface area contributed by atoms with Crippen LogP contribution in [0.15, 0.2) is 42.5 Å². The van der Waals surface area contributed by atoms with E-state index in [1.54, 1.807) is 12.1 Å². The zero-order valence-corrected chi connectivity index (χ0v) is 20.3. The van der Waals surface area contributed by atoms with Crippen molar-refractivity contribution in [3.8, 4) is 0 Å². The van der Waals surface area contributed by atoms with Crippen molar-refractivity contribution in [2.24, 2.45) is 5.92 Å². The Balaban J connectivity index is 2.11. The Morgan fingerprint density at radius 2 is 1.74 bits per heavy atom. The van der Waals surface area contributed by atoms with Crippen LogP contribution in [0.25, 0.3) is 0 Å². The Labute approximate surface area is 187 Å². The molecule has 2 aromatic carbocycles. The van der Waals surface area contributed by atoms with Gasteiger partial charge in [-0.1, -0.05) is 57.4 Å². The van der Waals surface area contributed by atoms with Gasteiger partial charge in [-0.25, -0.2) is 8.42 Å². The number of hydrogen-bond donors (Lipinski definition) is 1. The Morgan fingerprint density at radius 1 is 1.06 bits per heavy atom. The maximum Gasteiger partial charge on any atom is 0.251 e. The SMILES string of the molecule is CCCC[C@H](CC)CNC(=O)c1ccc(CN(c2cc(C)ccc2C)S(C)(=O)=O)cc1. The number of rotatable bonds is 11. The zero-order chi connectivity index (χ0) is 23.0. The van der Waals surface area contributed by atoms with E-state index in [-0.39, 0.29) is 12.5 Å². The molecule has 2 aromatic rings. The Bertz CT molecular complexity index is 969. The molecule has 1 atom stereocenters. The lowest BCUT2D eigenvalue weighted by Gasteiger charge is -2.25. The monoisotopic (exact) mass is 444 g/mol. The predicted molar refractivity (Wildman–Crippen MR) is 129 cm³/mol. The summed E-state index contributed by atoms with van der Waals surface area (Å²) in [6, 6.07) is 13.0. The molecule has 0 spiro atoms. The molecule has 0 aliphatic heterocycles. The first kappa shape index (κ1) is 24.9. The van der Waals surface area contributed by atoms with E-state index in [0.29, 0.717) is 23.7 Å². The van der Waals surface area contributed by atoms with E-state index >= 15 is 0 Å². The van der Waals surface area contributed by atoms with Gasteiger partial charge in [-0.05, 0) is 61.1 Å². The van der Waals surface area contributed by atoms with Crippen molar-refractivity contribution < 1.29 is 13.2 Å². The summed E-state index contributed by atoms with van der Waals surface area (Å²) in [5, 5.41) is 3.04. The number of sulfonamides is 1. The second-order valence-electron chi connectivity index (χ2n) is 8.38. The maximum absolute atomic E-state index is 12.5. The second kappa shape index (κ2) is 11.3. The minimum absolute atomic E-state index is 0.0870. The first-order valence-corrected chi connectivity index (χ1v) is 12.9. The number of aryl methyl sites for hydroxylation is 2. The smallest absolute Gasteiger partial charge is 0.251 e. The molecule has 0 aliphatic rings. The highest BCUT2D eigenvalue weighted by molar-refractivity contribution is 7.92. The molecule has 31 heavy (non-hydrogen) atoms. The number of nitrogens with one attached hydrogen (secondary N) is 1. The molecule has 6 heteroatoms. The quantitative estimate of drug-likeness (QED) is 0.517. The topological polar surface area (TPSA) is 66.5 Å². The molecule has 0 aliphatic carbocycles. The lowest BCUT2D eigenvalue weighted by atomic mass is 9.99. The number of hydrogen-bond acceptors (Lipinski definition) is 3. The van der Waals surface area contributed by atoms with Crippen molar-refractivity contribution >= 4 is 21.6 Å². The Hall–Kier alpha value is -2.34. The van der Waals surface area contributed by atoms with E-state index in [0.717, 1.165) is 29.5 Å². The molecule has 0 unspecified atom stereocenters. The number of amides is 1. The van der Waals surface area contributed by atoms with Gasteiger partial charge in [-0.3, -0.25) is 9.10 Å². The summed E-state index contributed by atoms with van der Waals surface area (Å²) in [6.45, 7) is 9.10. The van der Waals surface area contributed by atoms with E-state index in [1.807, 2.05) is 44.2 Å². The van der Waals surface area contributed by atoms with Crippen LogP contribution in [-0.2, 0) is 16.6 Å². The molecule has 0 fully saturated rings. The summed E-state index contributed by atoms with van der Waals surface area (Å²) in [6.07, 6.45) is 5.75. The van der Waals surface area contributed by atoms with Crippen LogP contribution in [0.3, 0.4) is 0 Å². The lowest BCUT2D eigenvalue weighted by Crippen LogP contribution is -2.30. The fourth-order valence-electron chi connectivity index (χ4n) is 3.58. The lowest BCUT2D eigenvalue weighted by molar-refractivity contribution is 0.0946. The Morgan fingerprint density at radius 3 is 2.32 bits per heavy atom. The van der Waals surface area contributed by atoms with Crippen LogP contribution in [0, 0.1) is 19.8 Å². The molecule has 0 heterocycles. The molecule has 0 bridgehead atoms. The van der Waals surface area contributed by atoms with E-state index in [1.165, 1.54) is 23.4 Å². The van der Waals surface area contributed by atoms with Gasteiger partial charge < -0.3 is 5.32 Å². The molecular formula is C25H36N2O3S. The van der Waals surface area contributed by atoms with Crippen molar-refractivity contribution in [3.63, 3.8) is 0 Å². The van der Waals surface area contributed by atoms with Crippen LogP contribution in [0.2, 0.25) is 0 Å². The predicted octanol–water partition coefficient (Wildman–Crippen LogP) is 5.22. The average molecular weight is 445 g/mol. The highest BCUT2D eigenvalue weighted by Crippen LogP contribution is 2.26. The first-order chi connectivity index (χ1) is 14.7. The van der Waals surface area contributed by atoms with Crippen molar-refractivity contribution in [2.75, 3.05) is 17.1 Å². The molecule has 5 nitrogen and oxygen atoms in total. The standard InChI is InChI=1S/C25H36N2O3S/c1-6-8-9-21(7-2)17-26-25(28)23-14-12-22(13-15-23)18-27(31(5,29)30)24-16-19(3)10-11-20(24)4/h10-16,21H,6-9,17-18H2,1-5H3,(H,26,28)/t21-/m0/s1. The summed E-state index contributed by atoms with van der Waals surface area (Å²) in [5.41, 5.74) is 4.01. The van der Waals surface area contributed by atoms with Gasteiger partial charge in [0.15, 0.2) is 0 Å². The fourth-order valence-corrected chi connectivity index (χ4v) is 4.52. The van der Waals surface area contributed by atoms with Crippen LogP contribution in [-0.4, -0.2) is 27.1 Å². The van der Waals surface area contributed by atoms with Gasteiger partial charge in [0.25, 0.3) is 5.91 Å². The Kier molecular flexibility index (Phi) is 9.11. The molecule has 0 saturated heterocycles. The third-order valence-electron chi connectivity index (χ3n) is 5.67. The number of carbonyl (C=O) groups is 1. The van der Waals surface area contributed by atoms with Crippen LogP contribution in [0.5, 0.6) is 0 Å². The van der Waals surface area contributed by atoms with Gasteiger partial charge in [0.1, 0.15) is 0 Å². The summed E-state index contributed by atoms with van der Waals surface area (Å²) < 4.78 is 26.4. The summed E-state index contributed by atoms with van der Waals surface area (Å²) in [5.74, 6) is 0.417. The second-order valence-corrected chi connectivity index (χ2v) is 10.3. The van der Waals surface area contributed by atoms with Gasteiger partial charge in [0.2, 0.25) is 10.0 Å². The van der Waals surface area contributed by atoms with Crippen LogP contribution >= 0.6 is 0 Å². The van der Waals surface area contributed by atoms with E-state index < -0.39 is 10.0 Å². The number of nitrogens with zero attached hydrogens (tertiary/aromatic N) is 1. The number of unbranched alkanes of at least 4 members (excludes halogenated alkanes) is 1. The van der Waals surface area contributed by atoms with Crippen molar-refractivity contribution in [1.82, 2.24) is 5.32 Å². The summed E-state index contributed by atoms with van der Waals surface area (Å²) >= 11 is 0. The highest BCUT2D eigenvalue weighted by Gasteiger charge is 2.20. The maximum atomic E-state index is 12.5. The van der Waals surface area contributed by atoms with Crippen molar-refractivity contribution in [2.45, 2.75) is 59.9 Å². The van der Waals surface area contributed by atoms with E-state index in [4.69, 9.17) is 0 Å². The average Bonchev–Trinajstić information content (AvgIpc) is 2.73. The summed E-state index contributed by atoms with van der Waals surface area (Å²) in [7, 11) is -3.46. The molecule has 1 amide bonds. The molecule has 0 saturated carbocycles. The zero-order valence-electron chi connectivity index (χ0n) is 19.4. The minimum atomic E-state index is -3.46. The molecule has 170 valence electrons. The number of carbonyl (C=O) groups excluding carboxylic acids is 1. The van der Waals surface area contributed by atoms with Gasteiger partial charge in [-0.15, -0.1) is 0 Å². The van der Waals surface area contributed by atoms with E-state index in [9.17, 15) is 13.2 Å². The van der Waals surface area contributed by atoms with Gasteiger partial charge >= 0.3 is 0 Å². The fraction of sp³-hybridized carbons (Fsp3) is 0.480. The first-order valence-electron chi connectivity index (χ1n) is 11.1. The molecule has 2 rings (SSSR count). The number of benzene rings is 2. The molecule has 1 N–H and O–H groups in total. The highest BCUT2D eigenvalue weighted by atomic mass is 32.2. The van der Waals surface area contributed by atoms with Gasteiger partial charge in [0, 0.05) is 12.1 Å². The van der Waals surface area contributed by atoms with Gasteiger partial charge in [0.05, 0.1) is 18.5 Å².